The van der Waals surface area contributed by atoms with Crippen molar-refractivity contribution in [2.75, 3.05) is 13.2 Å². The molecular formula is C13H15ClFNO2. The van der Waals surface area contributed by atoms with Gasteiger partial charge in [-0.2, -0.15) is 0 Å². The second-order valence-electron chi connectivity index (χ2n) is 4.71. The lowest BCUT2D eigenvalue weighted by Crippen LogP contribution is -2.40. The minimum atomic E-state index is -0.575. The van der Waals surface area contributed by atoms with Gasteiger partial charge in [0, 0.05) is 18.2 Å². The number of halogens is 2. The third-order valence-corrected chi connectivity index (χ3v) is 3.33. The van der Waals surface area contributed by atoms with Crippen molar-refractivity contribution in [3.8, 4) is 0 Å². The molecule has 3 nitrogen and oxygen atoms in total. The Morgan fingerprint density at radius 2 is 2.39 bits per heavy atom. The molecule has 0 aliphatic carbocycles. The van der Waals surface area contributed by atoms with Crippen LogP contribution in [0.1, 0.15) is 30.1 Å². The van der Waals surface area contributed by atoms with Gasteiger partial charge in [-0.1, -0.05) is 11.6 Å². The van der Waals surface area contributed by atoms with Crippen LogP contribution in [0.3, 0.4) is 0 Å². The van der Waals surface area contributed by atoms with Gasteiger partial charge in [0.25, 0.3) is 5.91 Å². The number of carbonyl (C=O) groups is 1. The van der Waals surface area contributed by atoms with Crippen LogP contribution in [0.5, 0.6) is 0 Å². The van der Waals surface area contributed by atoms with E-state index in [9.17, 15) is 9.18 Å². The zero-order valence-electron chi connectivity index (χ0n) is 10.1. The van der Waals surface area contributed by atoms with Crippen molar-refractivity contribution in [3.63, 3.8) is 0 Å². The number of nitrogens with one attached hydrogen (secondary N) is 1. The highest BCUT2D eigenvalue weighted by atomic mass is 35.5. The van der Waals surface area contributed by atoms with Gasteiger partial charge in [-0.3, -0.25) is 4.79 Å². The van der Waals surface area contributed by atoms with E-state index in [0.29, 0.717) is 18.2 Å². The number of amides is 1. The molecule has 1 heterocycles. The molecule has 1 aliphatic heterocycles. The number of rotatable bonds is 3. The molecule has 1 saturated heterocycles. The van der Waals surface area contributed by atoms with Gasteiger partial charge in [-0.05, 0) is 38.0 Å². The van der Waals surface area contributed by atoms with E-state index >= 15 is 0 Å². The molecule has 1 aromatic rings. The molecule has 1 aromatic carbocycles. The molecule has 2 rings (SSSR count). The highest BCUT2D eigenvalue weighted by Crippen LogP contribution is 2.24. The number of ether oxygens (including phenoxy) is 1. The minimum absolute atomic E-state index is 0.0379. The second-order valence-corrected chi connectivity index (χ2v) is 5.15. The van der Waals surface area contributed by atoms with E-state index in [1.54, 1.807) is 0 Å². The normalized spacial score (nSPS) is 23.1. The van der Waals surface area contributed by atoms with Crippen LogP contribution in [0.4, 0.5) is 4.39 Å². The molecule has 5 heteroatoms. The Labute approximate surface area is 110 Å². The maximum Gasteiger partial charge on any atom is 0.254 e. The van der Waals surface area contributed by atoms with Crippen molar-refractivity contribution in [2.24, 2.45) is 0 Å². The van der Waals surface area contributed by atoms with Gasteiger partial charge in [0.15, 0.2) is 0 Å². The van der Waals surface area contributed by atoms with Crippen LogP contribution in [0.15, 0.2) is 18.2 Å². The summed E-state index contributed by atoms with van der Waals surface area (Å²) in [5.74, 6) is -1.04. The molecule has 0 aromatic heterocycles. The first kappa shape index (κ1) is 13.3. The van der Waals surface area contributed by atoms with Gasteiger partial charge < -0.3 is 10.1 Å². The fourth-order valence-electron chi connectivity index (χ4n) is 2.01. The summed E-state index contributed by atoms with van der Waals surface area (Å²) in [6.45, 7) is 3.02. The van der Waals surface area contributed by atoms with Crippen molar-refractivity contribution >= 4 is 17.5 Å². The Bertz CT molecular complexity index is 458. The Kier molecular flexibility index (Phi) is 3.88. The maximum absolute atomic E-state index is 13.5. The molecule has 0 spiro atoms. The van der Waals surface area contributed by atoms with E-state index in [1.807, 2.05) is 6.92 Å². The number of hydrogen-bond acceptors (Lipinski definition) is 2. The molecule has 1 fully saturated rings. The quantitative estimate of drug-likeness (QED) is 0.918. The lowest BCUT2D eigenvalue weighted by molar-refractivity contribution is 0.0205. The molecule has 0 radical (unpaired) electrons. The van der Waals surface area contributed by atoms with Crippen molar-refractivity contribution in [3.05, 3.63) is 34.6 Å². The molecule has 1 unspecified atom stereocenters. The summed E-state index contributed by atoms with van der Waals surface area (Å²) >= 11 is 5.74. The Morgan fingerprint density at radius 1 is 1.61 bits per heavy atom. The topological polar surface area (TPSA) is 38.3 Å². The predicted octanol–water partition coefficient (Wildman–Crippen LogP) is 2.78. The summed E-state index contributed by atoms with van der Waals surface area (Å²) in [6, 6.07) is 3.92. The molecule has 0 bridgehead atoms. The molecule has 1 N–H and O–H groups in total. The third kappa shape index (κ3) is 3.00. The van der Waals surface area contributed by atoms with Crippen molar-refractivity contribution in [2.45, 2.75) is 25.4 Å². The van der Waals surface area contributed by atoms with Crippen LogP contribution in [0.25, 0.3) is 0 Å². The first-order chi connectivity index (χ1) is 8.50. The predicted molar refractivity (Wildman–Crippen MR) is 67.3 cm³/mol. The van der Waals surface area contributed by atoms with Crippen molar-refractivity contribution < 1.29 is 13.9 Å². The van der Waals surface area contributed by atoms with E-state index in [-0.39, 0.29) is 11.2 Å². The Morgan fingerprint density at radius 3 is 3.06 bits per heavy atom. The maximum atomic E-state index is 13.5. The van der Waals surface area contributed by atoms with Crippen LogP contribution < -0.4 is 5.32 Å². The first-order valence-electron chi connectivity index (χ1n) is 5.87. The third-order valence-electron chi connectivity index (χ3n) is 3.10. The number of hydrogen-bond donors (Lipinski definition) is 1. The van der Waals surface area contributed by atoms with E-state index in [4.69, 9.17) is 16.3 Å². The molecule has 1 aliphatic rings. The van der Waals surface area contributed by atoms with Gasteiger partial charge >= 0.3 is 0 Å². The van der Waals surface area contributed by atoms with Gasteiger partial charge in [-0.25, -0.2) is 4.39 Å². The van der Waals surface area contributed by atoms with E-state index in [0.717, 1.165) is 12.8 Å². The van der Waals surface area contributed by atoms with Crippen LogP contribution >= 0.6 is 11.6 Å². The molecule has 98 valence electrons. The van der Waals surface area contributed by atoms with Crippen LogP contribution in [-0.4, -0.2) is 24.7 Å². The van der Waals surface area contributed by atoms with Gasteiger partial charge in [-0.15, -0.1) is 0 Å². The molecule has 0 saturated carbocycles. The first-order valence-corrected chi connectivity index (χ1v) is 6.25. The molecule has 1 atom stereocenters. The van der Waals surface area contributed by atoms with Crippen molar-refractivity contribution in [1.29, 1.82) is 0 Å². The Hall–Kier alpha value is -1.13. The second kappa shape index (κ2) is 5.24. The zero-order chi connectivity index (χ0) is 13.2. The largest absolute Gasteiger partial charge is 0.373 e. The van der Waals surface area contributed by atoms with E-state index in [2.05, 4.69) is 5.32 Å². The van der Waals surface area contributed by atoms with Crippen LogP contribution in [0.2, 0.25) is 5.02 Å². The van der Waals surface area contributed by atoms with E-state index in [1.165, 1.54) is 18.2 Å². The Balaban J connectivity index is 2.01. The molecule has 1 amide bonds. The average molecular weight is 272 g/mol. The molecular weight excluding hydrogens is 257 g/mol. The van der Waals surface area contributed by atoms with Gasteiger partial charge in [0.2, 0.25) is 0 Å². The highest BCUT2D eigenvalue weighted by molar-refractivity contribution is 6.30. The lowest BCUT2D eigenvalue weighted by atomic mass is 10.0. The van der Waals surface area contributed by atoms with Gasteiger partial charge in [0.1, 0.15) is 5.82 Å². The standard InChI is InChI=1S/C13H15ClFNO2/c1-13(5-2-6-18-13)8-16-12(17)10-7-9(14)3-4-11(10)15/h3-4,7H,2,5-6,8H2,1H3,(H,16,17). The lowest BCUT2D eigenvalue weighted by Gasteiger charge is -2.23. The van der Waals surface area contributed by atoms with Crippen LogP contribution in [0, 0.1) is 5.82 Å². The number of benzene rings is 1. The minimum Gasteiger partial charge on any atom is -0.373 e. The highest BCUT2D eigenvalue weighted by Gasteiger charge is 2.30. The zero-order valence-corrected chi connectivity index (χ0v) is 10.9. The monoisotopic (exact) mass is 271 g/mol. The average Bonchev–Trinajstić information content (AvgIpc) is 2.77. The van der Waals surface area contributed by atoms with Crippen LogP contribution in [-0.2, 0) is 4.74 Å². The molecule has 18 heavy (non-hydrogen) atoms. The number of carbonyl (C=O) groups excluding carboxylic acids is 1. The fourth-order valence-corrected chi connectivity index (χ4v) is 2.18. The summed E-state index contributed by atoms with van der Waals surface area (Å²) in [6.07, 6.45) is 1.88. The summed E-state index contributed by atoms with van der Waals surface area (Å²) < 4.78 is 19.0. The summed E-state index contributed by atoms with van der Waals surface area (Å²) in [7, 11) is 0. The van der Waals surface area contributed by atoms with Gasteiger partial charge in [0.05, 0.1) is 11.2 Å². The van der Waals surface area contributed by atoms with Crippen molar-refractivity contribution in [1.82, 2.24) is 5.32 Å². The SMILES string of the molecule is CC1(CNC(=O)c2cc(Cl)ccc2F)CCCO1. The summed E-state index contributed by atoms with van der Waals surface area (Å²) in [4.78, 5) is 11.9. The van der Waals surface area contributed by atoms with E-state index < -0.39 is 11.7 Å². The smallest absolute Gasteiger partial charge is 0.254 e. The summed E-state index contributed by atoms with van der Waals surface area (Å²) in [5.41, 5.74) is -0.380. The summed E-state index contributed by atoms with van der Waals surface area (Å²) in [5, 5.41) is 3.02. The fraction of sp³-hybridized carbons (Fsp3) is 0.462.